The van der Waals surface area contributed by atoms with Crippen LogP contribution in [0.4, 0.5) is 11.4 Å². The zero-order valence-corrected chi connectivity index (χ0v) is 13.6. The molecule has 2 nitrogen and oxygen atoms in total. The molecule has 1 aromatic carbocycles. The standard InChI is InChI=1S/C18H30N2/c1-5-16(6-2)20(13-14(3)4)17-9-10-18-15(12-17)8-7-11-19-18/h9-10,12,14,16,19H,5-8,11,13H2,1-4H3. The van der Waals surface area contributed by atoms with Crippen LogP contribution < -0.4 is 10.2 Å². The lowest BCUT2D eigenvalue weighted by molar-refractivity contribution is 0.507. The smallest absolute Gasteiger partial charge is 0.0374 e. The van der Waals surface area contributed by atoms with Crippen molar-refractivity contribution in [1.29, 1.82) is 0 Å². The molecule has 0 saturated carbocycles. The van der Waals surface area contributed by atoms with Crippen molar-refractivity contribution < 1.29 is 0 Å². The van der Waals surface area contributed by atoms with Crippen molar-refractivity contribution in [1.82, 2.24) is 0 Å². The first-order chi connectivity index (χ1) is 9.65. The molecule has 112 valence electrons. The van der Waals surface area contributed by atoms with Crippen LogP contribution in [0.3, 0.4) is 0 Å². The number of fused-ring (bicyclic) bond motifs is 1. The van der Waals surface area contributed by atoms with Gasteiger partial charge in [-0.3, -0.25) is 0 Å². The van der Waals surface area contributed by atoms with Gasteiger partial charge in [0.1, 0.15) is 0 Å². The number of hydrogen-bond donors (Lipinski definition) is 1. The second-order valence-corrected chi connectivity index (χ2v) is 6.39. The highest BCUT2D eigenvalue weighted by Crippen LogP contribution is 2.29. The third-order valence-corrected chi connectivity index (χ3v) is 4.30. The van der Waals surface area contributed by atoms with Crippen molar-refractivity contribution in [2.24, 2.45) is 5.92 Å². The summed E-state index contributed by atoms with van der Waals surface area (Å²) in [5.41, 5.74) is 4.25. The fraction of sp³-hybridized carbons (Fsp3) is 0.667. The lowest BCUT2D eigenvalue weighted by atomic mass is 10.0. The van der Waals surface area contributed by atoms with Gasteiger partial charge in [-0.05, 0) is 55.4 Å². The quantitative estimate of drug-likeness (QED) is 0.809. The number of hydrogen-bond acceptors (Lipinski definition) is 2. The maximum atomic E-state index is 3.51. The topological polar surface area (TPSA) is 15.3 Å². The summed E-state index contributed by atoms with van der Waals surface area (Å²) in [4.78, 5) is 2.62. The molecule has 0 amide bonds. The third kappa shape index (κ3) is 3.47. The van der Waals surface area contributed by atoms with Gasteiger partial charge in [0.15, 0.2) is 0 Å². The summed E-state index contributed by atoms with van der Waals surface area (Å²) in [5.74, 6) is 0.699. The molecule has 0 fully saturated rings. The monoisotopic (exact) mass is 274 g/mol. The Hall–Kier alpha value is -1.18. The Labute approximate surface area is 124 Å². The van der Waals surface area contributed by atoms with Crippen LogP contribution in [0.5, 0.6) is 0 Å². The lowest BCUT2D eigenvalue weighted by Crippen LogP contribution is -2.37. The summed E-state index contributed by atoms with van der Waals surface area (Å²) >= 11 is 0. The van der Waals surface area contributed by atoms with Crippen molar-refractivity contribution in [2.45, 2.75) is 59.4 Å². The average Bonchev–Trinajstić information content (AvgIpc) is 2.46. The molecular formula is C18H30N2. The van der Waals surface area contributed by atoms with Crippen LogP contribution >= 0.6 is 0 Å². The van der Waals surface area contributed by atoms with E-state index in [-0.39, 0.29) is 0 Å². The van der Waals surface area contributed by atoms with Crippen LogP contribution in [0.1, 0.15) is 52.5 Å². The Morgan fingerprint density at radius 3 is 2.60 bits per heavy atom. The predicted octanol–water partition coefficient (Wildman–Crippen LogP) is 4.70. The minimum absolute atomic E-state index is 0.659. The molecule has 1 N–H and O–H groups in total. The number of aryl methyl sites for hydroxylation is 1. The number of benzene rings is 1. The normalized spacial score (nSPS) is 14.3. The second kappa shape index (κ2) is 7.01. The molecule has 0 aromatic heterocycles. The molecule has 1 aliphatic rings. The van der Waals surface area contributed by atoms with E-state index < -0.39 is 0 Å². The fourth-order valence-electron chi connectivity index (χ4n) is 3.23. The van der Waals surface area contributed by atoms with Gasteiger partial charge < -0.3 is 10.2 Å². The summed E-state index contributed by atoms with van der Waals surface area (Å²) in [5, 5.41) is 3.51. The number of nitrogens with zero attached hydrogens (tertiary/aromatic N) is 1. The van der Waals surface area contributed by atoms with Gasteiger partial charge in [0.05, 0.1) is 0 Å². The SMILES string of the molecule is CCC(CC)N(CC(C)C)c1ccc2c(c1)CCCN2. The Morgan fingerprint density at radius 1 is 1.20 bits per heavy atom. The summed E-state index contributed by atoms with van der Waals surface area (Å²) in [6.07, 6.45) is 4.91. The third-order valence-electron chi connectivity index (χ3n) is 4.30. The van der Waals surface area contributed by atoms with E-state index in [0.717, 1.165) is 13.1 Å². The first kappa shape index (κ1) is 15.2. The van der Waals surface area contributed by atoms with E-state index in [9.17, 15) is 0 Å². The van der Waals surface area contributed by atoms with Gasteiger partial charge in [0.2, 0.25) is 0 Å². The molecule has 1 aliphatic heterocycles. The molecule has 2 rings (SSSR count). The van der Waals surface area contributed by atoms with Crippen molar-refractivity contribution in [3.63, 3.8) is 0 Å². The van der Waals surface area contributed by atoms with E-state index in [2.05, 4.69) is 56.1 Å². The summed E-state index contributed by atoms with van der Waals surface area (Å²) in [7, 11) is 0. The van der Waals surface area contributed by atoms with Crippen molar-refractivity contribution in [2.75, 3.05) is 23.3 Å². The molecule has 1 heterocycles. The van der Waals surface area contributed by atoms with Crippen LogP contribution in [0.15, 0.2) is 18.2 Å². The van der Waals surface area contributed by atoms with E-state index in [1.54, 1.807) is 0 Å². The molecule has 0 bridgehead atoms. The highest BCUT2D eigenvalue weighted by Gasteiger charge is 2.18. The van der Waals surface area contributed by atoms with E-state index in [0.29, 0.717) is 12.0 Å². The van der Waals surface area contributed by atoms with Gasteiger partial charge in [0, 0.05) is 30.5 Å². The molecule has 0 spiro atoms. The lowest BCUT2D eigenvalue weighted by Gasteiger charge is -2.35. The highest BCUT2D eigenvalue weighted by molar-refractivity contribution is 5.62. The first-order valence-electron chi connectivity index (χ1n) is 8.29. The van der Waals surface area contributed by atoms with Gasteiger partial charge in [-0.2, -0.15) is 0 Å². The molecule has 0 radical (unpaired) electrons. The zero-order valence-electron chi connectivity index (χ0n) is 13.6. The molecule has 1 aromatic rings. The molecule has 0 atom stereocenters. The predicted molar refractivity (Wildman–Crippen MR) is 89.8 cm³/mol. The van der Waals surface area contributed by atoms with Crippen molar-refractivity contribution in [3.8, 4) is 0 Å². The van der Waals surface area contributed by atoms with Gasteiger partial charge >= 0.3 is 0 Å². The maximum Gasteiger partial charge on any atom is 0.0374 e. The summed E-state index contributed by atoms with van der Waals surface area (Å²) in [6, 6.07) is 7.66. The average molecular weight is 274 g/mol. The summed E-state index contributed by atoms with van der Waals surface area (Å²) < 4.78 is 0. The van der Waals surface area contributed by atoms with E-state index >= 15 is 0 Å². The van der Waals surface area contributed by atoms with Crippen molar-refractivity contribution >= 4 is 11.4 Å². The Kier molecular flexibility index (Phi) is 5.33. The van der Waals surface area contributed by atoms with Crippen LogP contribution in [0, 0.1) is 5.92 Å². The number of rotatable bonds is 6. The first-order valence-corrected chi connectivity index (χ1v) is 8.29. The highest BCUT2D eigenvalue weighted by atomic mass is 15.2. The Morgan fingerprint density at radius 2 is 1.95 bits per heavy atom. The fourth-order valence-corrected chi connectivity index (χ4v) is 3.23. The molecule has 0 saturated heterocycles. The Bertz CT molecular complexity index is 421. The largest absolute Gasteiger partial charge is 0.385 e. The van der Waals surface area contributed by atoms with Crippen LogP contribution in [0.2, 0.25) is 0 Å². The van der Waals surface area contributed by atoms with E-state index in [4.69, 9.17) is 0 Å². The van der Waals surface area contributed by atoms with Crippen LogP contribution in [-0.2, 0) is 6.42 Å². The maximum absolute atomic E-state index is 3.51. The minimum Gasteiger partial charge on any atom is -0.385 e. The Balaban J connectivity index is 2.27. The van der Waals surface area contributed by atoms with Gasteiger partial charge in [-0.25, -0.2) is 0 Å². The molecule has 0 unspecified atom stereocenters. The van der Waals surface area contributed by atoms with Gasteiger partial charge in [-0.15, -0.1) is 0 Å². The molecule has 2 heteroatoms. The van der Waals surface area contributed by atoms with Crippen molar-refractivity contribution in [3.05, 3.63) is 23.8 Å². The van der Waals surface area contributed by atoms with Gasteiger partial charge in [-0.1, -0.05) is 27.7 Å². The number of anilines is 2. The van der Waals surface area contributed by atoms with Crippen LogP contribution in [-0.4, -0.2) is 19.1 Å². The summed E-state index contributed by atoms with van der Waals surface area (Å²) in [6.45, 7) is 11.5. The van der Waals surface area contributed by atoms with Gasteiger partial charge in [0.25, 0.3) is 0 Å². The number of nitrogens with one attached hydrogen (secondary N) is 1. The minimum atomic E-state index is 0.659. The molecule has 0 aliphatic carbocycles. The van der Waals surface area contributed by atoms with E-state index in [1.165, 1.54) is 42.6 Å². The van der Waals surface area contributed by atoms with E-state index in [1.807, 2.05) is 0 Å². The van der Waals surface area contributed by atoms with Crippen LogP contribution in [0.25, 0.3) is 0 Å². The molecule has 20 heavy (non-hydrogen) atoms. The second-order valence-electron chi connectivity index (χ2n) is 6.39. The molecular weight excluding hydrogens is 244 g/mol. The zero-order chi connectivity index (χ0) is 14.5.